The van der Waals surface area contributed by atoms with Crippen LogP contribution in [0.15, 0.2) is 125 Å². The lowest BCUT2D eigenvalue weighted by Crippen LogP contribution is -2.13. The van der Waals surface area contributed by atoms with Crippen molar-refractivity contribution < 1.29 is 35.8 Å². The summed E-state index contributed by atoms with van der Waals surface area (Å²) in [6.07, 6.45) is -9.51. The van der Waals surface area contributed by atoms with E-state index in [-0.39, 0.29) is 23.7 Å². The van der Waals surface area contributed by atoms with Crippen LogP contribution in [0.2, 0.25) is 0 Å². The van der Waals surface area contributed by atoms with Gasteiger partial charge in [0.15, 0.2) is 0 Å². The largest absolute Gasteiger partial charge is 0.424 e. The molecule has 15 heteroatoms. The maximum absolute atomic E-state index is 13.9. The van der Waals surface area contributed by atoms with E-state index in [2.05, 4.69) is 35.7 Å². The summed E-state index contributed by atoms with van der Waals surface area (Å²) >= 11 is 0. The molecule has 0 aliphatic heterocycles. The zero-order valence-electron chi connectivity index (χ0n) is 22.7. The Morgan fingerprint density at radius 3 is 1.78 bits per heavy atom. The molecule has 9 nitrogen and oxygen atoms in total. The number of nitrogens with one attached hydrogen (secondary N) is 1. The zero-order chi connectivity index (χ0) is 31.9. The van der Waals surface area contributed by atoms with E-state index in [0.717, 1.165) is 30.3 Å². The summed E-state index contributed by atoms with van der Waals surface area (Å²) in [7, 11) is 0. The van der Waals surface area contributed by atoms with Crippen molar-refractivity contribution in [2.24, 2.45) is 15.3 Å². The van der Waals surface area contributed by atoms with Gasteiger partial charge < -0.3 is 9.47 Å². The fourth-order valence-electron chi connectivity index (χ4n) is 3.68. The number of alkyl halides is 6. The Bertz CT molecular complexity index is 1760. The number of amidine groups is 1. The third-order valence-electron chi connectivity index (χ3n) is 5.67. The van der Waals surface area contributed by atoms with E-state index in [1.165, 1.54) is 12.1 Å². The predicted molar refractivity (Wildman–Crippen MR) is 150 cm³/mol. The first-order chi connectivity index (χ1) is 21.5. The molecule has 0 spiro atoms. The standard InChI is InChI=1S/C30H19F6N7O2/c31-29(32,33)19-10-9-11-20(18-19)40-41-25(23-16-7-8-17-24(23)30(34,35)36)42-43-26-37-27(44-21-12-3-1-4-13-21)39-28(38-26)45-22-14-5-2-6-15-22/h1-18H,(H,37,38,39,43)/b41-40?,42-25-. The van der Waals surface area contributed by atoms with Crippen molar-refractivity contribution in [3.63, 3.8) is 0 Å². The van der Waals surface area contributed by atoms with Crippen molar-refractivity contribution in [1.82, 2.24) is 15.0 Å². The quantitative estimate of drug-likeness (QED) is 0.0608. The zero-order valence-corrected chi connectivity index (χ0v) is 22.7. The third-order valence-corrected chi connectivity index (χ3v) is 5.67. The van der Waals surface area contributed by atoms with Gasteiger partial charge in [0.05, 0.1) is 16.8 Å². The molecule has 0 aliphatic carbocycles. The van der Waals surface area contributed by atoms with Crippen molar-refractivity contribution >= 4 is 17.5 Å². The van der Waals surface area contributed by atoms with E-state index < -0.39 is 34.9 Å². The Hall–Kier alpha value is -5.86. The van der Waals surface area contributed by atoms with E-state index in [1.807, 2.05) is 0 Å². The monoisotopic (exact) mass is 623 g/mol. The van der Waals surface area contributed by atoms with Gasteiger partial charge in [-0.1, -0.05) is 60.7 Å². The fraction of sp³-hybridized carbons (Fsp3) is 0.0667. The molecule has 0 unspecified atom stereocenters. The first kappa shape index (κ1) is 30.6. The summed E-state index contributed by atoms with van der Waals surface area (Å²) in [5, 5.41) is 11.4. The molecule has 1 aromatic heterocycles. The van der Waals surface area contributed by atoms with Crippen LogP contribution < -0.4 is 14.9 Å². The van der Waals surface area contributed by atoms with Gasteiger partial charge in [0, 0.05) is 5.56 Å². The highest BCUT2D eigenvalue weighted by Crippen LogP contribution is 2.34. The van der Waals surface area contributed by atoms with Gasteiger partial charge in [-0.3, -0.25) is 0 Å². The molecule has 0 radical (unpaired) electrons. The SMILES string of the molecule is FC(F)(F)c1cccc(N=N/C(=N\Nc2nc(Oc3ccccc3)nc(Oc3ccccc3)n2)c2ccccc2C(F)(F)F)c1. The lowest BCUT2D eigenvalue weighted by Gasteiger charge is -2.12. The molecular formula is C30H19F6N7O2. The average Bonchev–Trinajstić information content (AvgIpc) is 3.01. The van der Waals surface area contributed by atoms with Crippen LogP contribution in [0.4, 0.5) is 38.0 Å². The van der Waals surface area contributed by atoms with Crippen LogP contribution in [0.3, 0.4) is 0 Å². The number of rotatable bonds is 8. The highest BCUT2D eigenvalue weighted by Gasteiger charge is 2.34. The summed E-state index contributed by atoms with van der Waals surface area (Å²) in [5.41, 5.74) is -0.532. The summed E-state index contributed by atoms with van der Waals surface area (Å²) in [6, 6.07) is 24.5. The third kappa shape index (κ3) is 8.37. The van der Waals surface area contributed by atoms with Crippen LogP contribution in [0.5, 0.6) is 23.5 Å². The summed E-state index contributed by atoms with van der Waals surface area (Å²) in [6.45, 7) is 0. The molecule has 5 aromatic rings. The molecule has 4 aromatic carbocycles. The van der Waals surface area contributed by atoms with Crippen LogP contribution in [-0.2, 0) is 12.4 Å². The molecule has 0 fully saturated rings. The van der Waals surface area contributed by atoms with Gasteiger partial charge in [-0.25, -0.2) is 5.43 Å². The first-order valence-corrected chi connectivity index (χ1v) is 12.9. The van der Waals surface area contributed by atoms with Gasteiger partial charge in [0.25, 0.3) is 5.95 Å². The van der Waals surface area contributed by atoms with Gasteiger partial charge >= 0.3 is 24.4 Å². The van der Waals surface area contributed by atoms with Crippen LogP contribution in [-0.4, -0.2) is 20.8 Å². The number of halogens is 6. The smallest absolute Gasteiger partial charge is 0.417 e. The average molecular weight is 624 g/mol. The van der Waals surface area contributed by atoms with Gasteiger partial charge in [0.2, 0.25) is 5.84 Å². The number of hydrazone groups is 1. The van der Waals surface area contributed by atoms with E-state index in [1.54, 1.807) is 60.7 Å². The van der Waals surface area contributed by atoms with E-state index in [4.69, 9.17) is 9.47 Å². The van der Waals surface area contributed by atoms with E-state index in [9.17, 15) is 26.3 Å². The molecule has 0 aliphatic rings. The van der Waals surface area contributed by atoms with Crippen LogP contribution in [0.25, 0.3) is 0 Å². The maximum atomic E-state index is 13.9. The van der Waals surface area contributed by atoms with Crippen molar-refractivity contribution in [2.45, 2.75) is 12.4 Å². The number of anilines is 1. The minimum atomic E-state index is -4.83. The minimum Gasteiger partial charge on any atom is -0.424 e. The number of azo groups is 1. The lowest BCUT2D eigenvalue weighted by atomic mass is 10.1. The highest BCUT2D eigenvalue weighted by atomic mass is 19.4. The second-order valence-corrected chi connectivity index (χ2v) is 8.89. The molecule has 5 rings (SSSR count). The van der Waals surface area contributed by atoms with E-state index in [0.29, 0.717) is 17.6 Å². The molecule has 0 saturated carbocycles. The Morgan fingerprint density at radius 1 is 0.622 bits per heavy atom. The van der Waals surface area contributed by atoms with Crippen molar-refractivity contribution in [2.75, 3.05) is 5.43 Å². The predicted octanol–water partition coefficient (Wildman–Crippen LogP) is 9.05. The summed E-state index contributed by atoms with van der Waals surface area (Å²) in [4.78, 5) is 12.3. The van der Waals surface area contributed by atoms with Gasteiger partial charge in [-0.05, 0) is 48.5 Å². The topological polar surface area (TPSA) is 106 Å². The van der Waals surface area contributed by atoms with Gasteiger partial charge in [-0.15, -0.1) is 15.2 Å². The number of hydrogen-bond acceptors (Lipinski definition) is 8. The van der Waals surface area contributed by atoms with Crippen LogP contribution >= 0.6 is 0 Å². The van der Waals surface area contributed by atoms with Crippen LogP contribution in [0.1, 0.15) is 16.7 Å². The molecule has 0 saturated heterocycles. The number of benzene rings is 4. The fourth-order valence-corrected chi connectivity index (χ4v) is 3.68. The van der Waals surface area contributed by atoms with Crippen molar-refractivity contribution in [1.29, 1.82) is 0 Å². The lowest BCUT2D eigenvalue weighted by molar-refractivity contribution is -0.138. The number of para-hydroxylation sites is 2. The van der Waals surface area contributed by atoms with Gasteiger partial charge in [-0.2, -0.15) is 41.4 Å². The molecular weight excluding hydrogens is 604 g/mol. The maximum Gasteiger partial charge on any atom is 0.417 e. The Labute approximate surface area is 250 Å². The minimum absolute atomic E-state index is 0.248. The second kappa shape index (κ2) is 13.2. The molecule has 0 bridgehead atoms. The van der Waals surface area contributed by atoms with Crippen molar-refractivity contribution in [3.8, 4) is 23.5 Å². The second-order valence-electron chi connectivity index (χ2n) is 8.89. The Morgan fingerprint density at radius 2 is 1.20 bits per heavy atom. The van der Waals surface area contributed by atoms with Gasteiger partial charge in [0.1, 0.15) is 11.5 Å². The molecule has 0 amide bonds. The Kier molecular flexibility index (Phi) is 8.97. The van der Waals surface area contributed by atoms with E-state index >= 15 is 0 Å². The summed E-state index contributed by atoms with van der Waals surface area (Å²) in [5.74, 6) is -0.244. The molecule has 228 valence electrons. The number of ether oxygens (including phenoxy) is 2. The molecule has 1 N–H and O–H groups in total. The molecule has 45 heavy (non-hydrogen) atoms. The van der Waals surface area contributed by atoms with Crippen molar-refractivity contribution in [3.05, 3.63) is 126 Å². The number of hydrogen-bond donors (Lipinski definition) is 1. The molecule has 0 atom stereocenters. The van der Waals surface area contributed by atoms with Crippen LogP contribution in [0, 0.1) is 0 Å². The first-order valence-electron chi connectivity index (χ1n) is 12.9. The number of nitrogens with zero attached hydrogens (tertiary/aromatic N) is 6. The highest BCUT2D eigenvalue weighted by molar-refractivity contribution is 6.01. The Balaban J connectivity index is 1.55. The molecule has 1 heterocycles. The normalized spacial score (nSPS) is 12.3. The number of aromatic nitrogens is 3. The summed E-state index contributed by atoms with van der Waals surface area (Å²) < 4.78 is 92.7.